The quantitative estimate of drug-likeness (QED) is 0.704. The molecule has 0 atom stereocenters. The predicted octanol–water partition coefficient (Wildman–Crippen LogP) is 3.87. The standard InChI is InChI=1S/C14H19N3/c1-3-4-5-6-9-12(2)17-14-11-8-7-10-13(14)15-16-17/h7-8,10-11H,2-6,9H2,1H3. The number of aromatic nitrogens is 3. The van der Waals surface area contributed by atoms with Crippen molar-refractivity contribution in [2.24, 2.45) is 0 Å². The van der Waals surface area contributed by atoms with Crippen molar-refractivity contribution >= 4 is 16.7 Å². The molecule has 1 aromatic heterocycles. The topological polar surface area (TPSA) is 30.7 Å². The highest BCUT2D eigenvalue weighted by Crippen LogP contribution is 2.18. The third-order valence-electron chi connectivity index (χ3n) is 2.97. The first-order valence-corrected chi connectivity index (χ1v) is 6.31. The van der Waals surface area contributed by atoms with Crippen LogP contribution in [0.3, 0.4) is 0 Å². The molecule has 0 aliphatic rings. The largest absolute Gasteiger partial charge is 0.218 e. The molecule has 0 aliphatic carbocycles. The number of fused-ring (bicyclic) bond motifs is 1. The van der Waals surface area contributed by atoms with Crippen molar-refractivity contribution in [3.63, 3.8) is 0 Å². The highest BCUT2D eigenvalue weighted by Gasteiger charge is 2.05. The van der Waals surface area contributed by atoms with Gasteiger partial charge in [-0.05, 0) is 25.0 Å². The van der Waals surface area contributed by atoms with E-state index >= 15 is 0 Å². The minimum atomic E-state index is 0.933. The molecule has 2 rings (SSSR count). The minimum Gasteiger partial charge on any atom is -0.218 e. The van der Waals surface area contributed by atoms with Crippen molar-refractivity contribution in [3.8, 4) is 0 Å². The molecule has 0 radical (unpaired) electrons. The molecule has 0 aliphatic heterocycles. The zero-order valence-electron chi connectivity index (χ0n) is 10.4. The number of hydrogen-bond donors (Lipinski definition) is 0. The van der Waals surface area contributed by atoms with Gasteiger partial charge in [0.05, 0.1) is 5.52 Å². The second-order valence-electron chi connectivity index (χ2n) is 4.37. The van der Waals surface area contributed by atoms with E-state index in [1.807, 2.05) is 28.9 Å². The van der Waals surface area contributed by atoms with E-state index in [1.165, 1.54) is 25.7 Å². The summed E-state index contributed by atoms with van der Waals surface area (Å²) < 4.78 is 1.86. The first kappa shape index (κ1) is 11.8. The average Bonchev–Trinajstić information content (AvgIpc) is 2.78. The van der Waals surface area contributed by atoms with E-state index in [0.29, 0.717) is 0 Å². The minimum absolute atomic E-state index is 0.933. The van der Waals surface area contributed by atoms with Crippen molar-refractivity contribution in [1.29, 1.82) is 0 Å². The fourth-order valence-corrected chi connectivity index (χ4v) is 1.96. The van der Waals surface area contributed by atoms with Gasteiger partial charge in [-0.25, -0.2) is 4.68 Å². The van der Waals surface area contributed by atoms with Crippen molar-refractivity contribution in [3.05, 3.63) is 30.8 Å². The van der Waals surface area contributed by atoms with Crippen molar-refractivity contribution in [2.45, 2.75) is 39.0 Å². The Hall–Kier alpha value is -1.64. The molecule has 17 heavy (non-hydrogen) atoms. The normalized spacial score (nSPS) is 10.9. The number of nitrogens with zero attached hydrogens (tertiary/aromatic N) is 3. The summed E-state index contributed by atoms with van der Waals surface area (Å²) >= 11 is 0. The number of unbranched alkanes of at least 4 members (excludes halogenated alkanes) is 3. The lowest BCUT2D eigenvalue weighted by Crippen LogP contribution is -1.98. The molecule has 1 heterocycles. The van der Waals surface area contributed by atoms with E-state index in [2.05, 4.69) is 23.8 Å². The third kappa shape index (κ3) is 2.73. The van der Waals surface area contributed by atoms with Gasteiger partial charge in [0.25, 0.3) is 0 Å². The molecule has 1 aromatic carbocycles. The summed E-state index contributed by atoms with van der Waals surface area (Å²) in [6.45, 7) is 6.33. The summed E-state index contributed by atoms with van der Waals surface area (Å²) in [5, 5.41) is 8.30. The van der Waals surface area contributed by atoms with Gasteiger partial charge in [-0.15, -0.1) is 5.10 Å². The van der Waals surface area contributed by atoms with Crippen LogP contribution in [0.2, 0.25) is 0 Å². The molecule has 0 N–H and O–H groups in total. The fourth-order valence-electron chi connectivity index (χ4n) is 1.96. The molecule has 3 heteroatoms. The second-order valence-corrected chi connectivity index (χ2v) is 4.37. The van der Waals surface area contributed by atoms with Crippen molar-refractivity contribution in [1.82, 2.24) is 15.0 Å². The first-order valence-electron chi connectivity index (χ1n) is 6.31. The highest BCUT2D eigenvalue weighted by molar-refractivity contribution is 5.77. The summed E-state index contributed by atoms with van der Waals surface area (Å²) in [4.78, 5) is 0. The predicted molar refractivity (Wildman–Crippen MR) is 71.6 cm³/mol. The Morgan fingerprint density at radius 1 is 1.24 bits per heavy atom. The fraction of sp³-hybridized carbons (Fsp3) is 0.429. The lowest BCUT2D eigenvalue weighted by molar-refractivity contribution is 0.664. The highest BCUT2D eigenvalue weighted by atomic mass is 15.4. The Labute approximate surface area is 102 Å². The molecule has 0 fully saturated rings. The molecule has 0 saturated carbocycles. The van der Waals surface area contributed by atoms with Gasteiger partial charge in [0.2, 0.25) is 0 Å². The van der Waals surface area contributed by atoms with Crippen LogP contribution in [-0.2, 0) is 0 Å². The van der Waals surface area contributed by atoms with E-state index in [4.69, 9.17) is 0 Å². The smallest absolute Gasteiger partial charge is 0.113 e. The van der Waals surface area contributed by atoms with Crippen molar-refractivity contribution in [2.75, 3.05) is 0 Å². The number of allylic oxidation sites excluding steroid dienone is 1. The molecule has 2 aromatic rings. The Bertz CT molecular complexity index is 499. The maximum Gasteiger partial charge on any atom is 0.113 e. The van der Waals surface area contributed by atoms with Gasteiger partial charge in [-0.3, -0.25) is 0 Å². The lowest BCUT2D eigenvalue weighted by Gasteiger charge is -2.05. The van der Waals surface area contributed by atoms with Crippen LogP contribution in [-0.4, -0.2) is 15.0 Å². The summed E-state index contributed by atoms with van der Waals surface area (Å²) in [6.07, 6.45) is 6.00. The third-order valence-corrected chi connectivity index (χ3v) is 2.97. The van der Waals surface area contributed by atoms with Crippen LogP contribution in [0.25, 0.3) is 16.7 Å². The van der Waals surface area contributed by atoms with Crippen LogP contribution in [0.1, 0.15) is 39.0 Å². The number of benzene rings is 1. The molecule has 0 saturated heterocycles. The molecule has 90 valence electrons. The molecule has 0 amide bonds. The Morgan fingerprint density at radius 2 is 2.06 bits per heavy atom. The monoisotopic (exact) mass is 229 g/mol. The zero-order valence-corrected chi connectivity index (χ0v) is 10.4. The van der Waals surface area contributed by atoms with Crippen LogP contribution >= 0.6 is 0 Å². The van der Waals surface area contributed by atoms with Crippen LogP contribution < -0.4 is 0 Å². The van der Waals surface area contributed by atoms with Gasteiger partial charge in [0.15, 0.2) is 0 Å². The van der Waals surface area contributed by atoms with Gasteiger partial charge in [-0.1, -0.05) is 50.1 Å². The Morgan fingerprint density at radius 3 is 2.88 bits per heavy atom. The van der Waals surface area contributed by atoms with E-state index in [0.717, 1.165) is 23.2 Å². The average molecular weight is 229 g/mol. The molecule has 0 unspecified atom stereocenters. The van der Waals surface area contributed by atoms with Gasteiger partial charge in [-0.2, -0.15) is 0 Å². The molecular weight excluding hydrogens is 210 g/mol. The number of rotatable bonds is 6. The molecule has 3 nitrogen and oxygen atoms in total. The summed E-state index contributed by atoms with van der Waals surface area (Å²) in [7, 11) is 0. The molecular formula is C14H19N3. The van der Waals surface area contributed by atoms with E-state index in [9.17, 15) is 0 Å². The Kier molecular flexibility index (Phi) is 3.91. The van der Waals surface area contributed by atoms with Gasteiger partial charge < -0.3 is 0 Å². The number of hydrogen-bond acceptors (Lipinski definition) is 2. The van der Waals surface area contributed by atoms with Crippen LogP contribution in [0.5, 0.6) is 0 Å². The van der Waals surface area contributed by atoms with E-state index < -0.39 is 0 Å². The van der Waals surface area contributed by atoms with Crippen LogP contribution in [0.4, 0.5) is 0 Å². The number of para-hydroxylation sites is 1. The first-order chi connectivity index (χ1) is 8.33. The van der Waals surface area contributed by atoms with Gasteiger partial charge in [0.1, 0.15) is 5.52 Å². The summed E-state index contributed by atoms with van der Waals surface area (Å²) in [5.74, 6) is 0. The lowest BCUT2D eigenvalue weighted by atomic mass is 10.1. The van der Waals surface area contributed by atoms with Crippen molar-refractivity contribution < 1.29 is 0 Å². The van der Waals surface area contributed by atoms with Gasteiger partial charge >= 0.3 is 0 Å². The van der Waals surface area contributed by atoms with Gasteiger partial charge in [0, 0.05) is 5.70 Å². The summed E-state index contributed by atoms with van der Waals surface area (Å²) in [5.41, 5.74) is 3.02. The molecule has 0 bridgehead atoms. The van der Waals surface area contributed by atoms with E-state index in [1.54, 1.807) is 0 Å². The second kappa shape index (κ2) is 5.62. The maximum absolute atomic E-state index is 4.16. The Balaban J connectivity index is 2.04. The zero-order chi connectivity index (χ0) is 12.1. The van der Waals surface area contributed by atoms with Crippen LogP contribution in [0.15, 0.2) is 30.8 Å². The SMILES string of the molecule is C=C(CCCCCC)n1nnc2ccccc21. The van der Waals surface area contributed by atoms with Crippen LogP contribution in [0, 0.1) is 0 Å². The summed E-state index contributed by atoms with van der Waals surface area (Å²) in [6, 6.07) is 7.99. The maximum atomic E-state index is 4.16. The molecule has 0 spiro atoms. The van der Waals surface area contributed by atoms with E-state index in [-0.39, 0.29) is 0 Å².